The Kier molecular flexibility index (Phi) is 4.27. The van der Waals surface area contributed by atoms with Crippen molar-refractivity contribution in [3.05, 3.63) is 84.7 Å². The van der Waals surface area contributed by atoms with Crippen molar-refractivity contribution >= 4 is 11.8 Å². The smallest absolute Gasteiger partial charge is 0.411 e. The highest BCUT2D eigenvalue weighted by molar-refractivity contribution is 5.84. The number of nitrogens with zero attached hydrogens (tertiary/aromatic N) is 2. The number of fused-ring (bicyclic) bond motifs is 3. The van der Waals surface area contributed by atoms with Crippen LogP contribution in [0.4, 0.5) is 10.5 Å². The fourth-order valence-electron chi connectivity index (χ4n) is 3.41. The number of carbonyl (C=O) groups is 1. The maximum absolute atomic E-state index is 12.2. The Labute approximate surface area is 151 Å². The third-order valence-corrected chi connectivity index (χ3v) is 4.54. The topological polar surface area (TPSA) is 56.2 Å². The fourth-order valence-corrected chi connectivity index (χ4v) is 3.41. The molecule has 0 bridgehead atoms. The van der Waals surface area contributed by atoms with Crippen LogP contribution in [0.1, 0.15) is 17.0 Å². The van der Waals surface area contributed by atoms with E-state index in [1.807, 2.05) is 24.3 Å². The number of aromatic nitrogens is 2. The molecule has 1 aliphatic carbocycles. The number of nitrogens with one attached hydrogen (secondary N) is 1. The zero-order chi connectivity index (χ0) is 17.9. The van der Waals surface area contributed by atoms with E-state index >= 15 is 0 Å². The third kappa shape index (κ3) is 2.99. The lowest BCUT2D eigenvalue weighted by Crippen LogP contribution is -2.17. The molecule has 0 spiro atoms. The number of ether oxygens (including phenoxy) is 1. The van der Waals surface area contributed by atoms with Crippen LogP contribution in [-0.2, 0) is 11.3 Å². The average molecular weight is 345 g/mol. The first-order valence-corrected chi connectivity index (χ1v) is 8.51. The average Bonchev–Trinajstić information content (AvgIpc) is 3.23. The molecule has 0 unspecified atom stereocenters. The van der Waals surface area contributed by atoms with Gasteiger partial charge < -0.3 is 4.74 Å². The summed E-state index contributed by atoms with van der Waals surface area (Å²) in [6, 6.07) is 16.5. The van der Waals surface area contributed by atoms with Crippen LogP contribution in [0.25, 0.3) is 11.1 Å². The normalized spacial score (nSPS) is 12.3. The Bertz CT molecular complexity index is 916. The number of amides is 1. The molecule has 4 rings (SSSR count). The molecule has 0 fully saturated rings. The third-order valence-electron chi connectivity index (χ3n) is 4.54. The Morgan fingerprint density at radius 3 is 2.46 bits per heavy atom. The van der Waals surface area contributed by atoms with E-state index in [0.717, 1.165) is 0 Å². The van der Waals surface area contributed by atoms with Crippen molar-refractivity contribution in [2.45, 2.75) is 12.5 Å². The van der Waals surface area contributed by atoms with Gasteiger partial charge in [-0.25, -0.2) is 4.79 Å². The second-order valence-electron chi connectivity index (χ2n) is 6.19. The van der Waals surface area contributed by atoms with Gasteiger partial charge in [-0.05, 0) is 22.3 Å². The summed E-state index contributed by atoms with van der Waals surface area (Å²) in [5.41, 5.74) is 5.41. The second kappa shape index (κ2) is 6.88. The predicted molar refractivity (Wildman–Crippen MR) is 101 cm³/mol. The van der Waals surface area contributed by atoms with Gasteiger partial charge in [-0.3, -0.25) is 10.00 Å². The first kappa shape index (κ1) is 16.1. The maximum Gasteiger partial charge on any atom is 0.411 e. The Hall–Kier alpha value is -3.34. The van der Waals surface area contributed by atoms with Crippen molar-refractivity contribution in [3.8, 4) is 11.1 Å². The van der Waals surface area contributed by atoms with Crippen molar-refractivity contribution in [2.24, 2.45) is 0 Å². The molecule has 2 aromatic carbocycles. The lowest BCUT2D eigenvalue weighted by atomic mass is 9.98. The van der Waals surface area contributed by atoms with Crippen LogP contribution in [0, 0.1) is 0 Å². The summed E-state index contributed by atoms with van der Waals surface area (Å²) in [4.78, 5) is 12.2. The number of allylic oxidation sites excluding steroid dienone is 1. The predicted octanol–water partition coefficient (Wildman–Crippen LogP) is 4.43. The Balaban J connectivity index is 1.46. The molecule has 26 heavy (non-hydrogen) atoms. The van der Waals surface area contributed by atoms with E-state index in [9.17, 15) is 4.79 Å². The molecule has 0 saturated heterocycles. The van der Waals surface area contributed by atoms with Gasteiger partial charge in [-0.1, -0.05) is 54.6 Å². The van der Waals surface area contributed by atoms with Crippen molar-refractivity contribution in [1.29, 1.82) is 0 Å². The molecule has 1 N–H and O–H groups in total. The van der Waals surface area contributed by atoms with Crippen LogP contribution < -0.4 is 5.32 Å². The van der Waals surface area contributed by atoms with E-state index in [2.05, 4.69) is 41.3 Å². The minimum absolute atomic E-state index is 0.0524. The number of carbonyl (C=O) groups excluding carboxylic acids is 1. The van der Waals surface area contributed by atoms with Gasteiger partial charge in [0.05, 0.1) is 18.4 Å². The SMILES string of the molecule is C=CCn1cc(NC(=O)OCC2c3ccccc3-c3ccccc32)cn1. The number of hydrogen-bond acceptors (Lipinski definition) is 3. The van der Waals surface area contributed by atoms with Gasteiger partial charge >= 0.3 is 6.09 Å². The van der Waals surface area contributed by atoms with Gasteiger partial charge in [0, 0.05) is 12.1 Å². The van der Waals surface area contributed by atoms with E-state index in [0.29, 0.717) is 18.8 Å². The highest BCUT2D eigenvalue weighted by Gasteiger charge is 2.28. The van der Waals surface area contributed by atoms with Crippen molar-refractivity contribution < 1.29 is 9.53 Å². The molecular weight excluding hydrogens is 326 g/mol. The molecule has 0 atom stereocenters. The summed E-state index contributed by atoms with van der Waals surface area (Å²) in [7, 11) is 0. The number of benzene rings is 2. The Morgan fingerprint density at radius 2 is 1.81 bits per heavy atom. The number of rotatable bonds is 5. The van der Waals surface area contributed by atoms with E-state index in [1.165, 1.54) is 22.3 Å². The molecule has 3 aromatic rings. The van der Waals surface area contributed by atoms with Gasteiger partial charge in [-0.2, -0.15) is 5.10 Å². The quantitative estimate of drug-likeness (QED) is 0.696. The summed E-state index contributed by atoms with van der Waals surface area (Å²) in [5, 5.41) is 6.85. The largest absolute Gasteiger partial charge is 0.448 e. The van der Waals surface area contributed by atoms with Crippen LogP contribution >= 0.6 is 0 Å². The standard InChI is InChI=1S/C21H19N3O2/c1-2-11-24-13-15(12-22-24)23-21(25)26-14-20-18-9-5-3-7-16(18)17-8-4-6-10-19(17)20/h2-10,12-13,20H,1,11,14H2,(H,23,25). The summed E-state index contributed by atoms with van der Waals surface area (Å²) >= 11 is 0. The van der Waals surface area contributed by atoms with Crippen LogP contribution in [0.2, 0.25) is 0 Å². The molecular formula is C21H19N3O2. The van der Waals surface area contributed by atoms with Crippen molar-refractivity contribution in [1.82, 2.24) is 9.78 Å². The first-order chi connectivity index (χ1) is 12.8. The summed E-state index contributed by atoms with van der Waals surface area (Å²) in [6.07, 6.45) is 4.59. The molecule has 130 valence electrons. The molecule has 5 heteroatoms. The van der Waals surface area contributed by atoms with Crippen LogP contribution in [0.3, 0.4) is 0 Å². The summed E-state index contributed by atoms with van der Waals surface area (Å²) < 4.78 is 7.19. The zero-order valence-corrected chi connectivity index (χ0v) is 14.3. The minimum Gasteiger partial charge on any atom is -0.448 e. The Morgan fingerprint density at radius 1 is 1.15 bits per heavy atom. The van der Waals surface area contributed by atoms with Gasteiger partial charge in [0.1, 0.15) is 6.61 Å². The lowest BCUT2D eigenvalue weighted by molar-refractivity contribution is 0.158. The molecule has 1 amide bonds. The maximum atomic E-state index is 12.2. The monoisotopic (exact) mass is 345 g/mol. The summed E-state index contributed by atoms with van der Waals surface area (Å²) in [6.45, 7) is 4.55. The molecule has 5 nitrogen and oxygen atoms in total. The van der Waals surface area contributed by atoms with Gasteiger partial charge in [0.15, 0.2) is 0 Å². The molecule has 1 heterocycles. The fraction of sp³-hybridized carbons (Fsp3) is 0.143. The van der Waals surface area contributed by atoms with Crippen LogP contribution in [-0.4, -0.2) is 22.5 Å². The van der Waals surface area contributed by atoms with Gasteiger partial charge in [0.2, 0.25) is 0 Å². The van der Waals surface area contributed by atoms with E-state index in [4.69, 9.17) is 4.74 Å². The zero-order valence-electron chi connectivity index (χ0n) is 14.3. The van der Waals surface area contributed by atoms with E-state index in [-0.39, 0.29) is 5.92 Å². The van der Waals surface area contributed by atoms with Crippen LogP contribution in [0.5, 0.6) is 0 Å². The highest BCUT2D eigenvalue weighted by Crippen LogP contribution is 2.44. The van der Waals surface area contributed by atoms with Gasteiger partial charge in [-0.15, -0.1) is 6.58 Å². The van der Waals surface area contributed by atoms with E-state index < -0.39 is 6.09 Å². The first-order valence-electron chi connectivity index (χ1n) is 8.51. The molecule has 0 saturated carbocycles. The molecule has 0 radical (unpaired) electrons. The second-order valence-corrected chi connectivity index (χ2v) is 6.19. The number of hydrogen-bond donors (Lipinski definition) is 1. The van der Waals surface area contributed by atoms with Crippen LogP contribution in [0.15, 0.2) is 73.6 Å². The van der Waals surface area contributed by atoms with Crippen molar-refractivity contribution in [3.63, 3.8) is 0 Å². The summed E-state index contributed by atoms with van der Waals surface area (Å²) in [5.74, 6) is 0.0524. The molecule has 1 aliphatic rings. The highest BCUT2D eigenvalue weighted by atomic mass is 16.5. The lowest BCUT2D eigenvalue weighted by Gasteiger charge is -2.14. The van der Waals surface area contributed by atoms with Gasteiger partial charge in [0.25, 0.3) is 0 Å². The number of anilines is 1. The molecule has 1 aromatic heterocycles. The van der Waals surface area contributed by atoms with Crippen molar-refractivity contribution in [2.75, 3.05) is 11.9 Å². The molecule has 0 aliphatic heterocycles. The van der Waals surface area contributed by atoms with E-state index in [1.54, 1.807) is 23.2 Å². The minimum atomic E-state index is -0.481.